The van der Waals surface area contributed by atoms with Crippen LogP contribution >= 0.6 is 0 Å². The lowest BCUT2D eigenvalue weighted by Crippen LogP contribution is -2.70. The summed E-state index contributed by atoms with van der Waals surface area (Å²) in [5, 5.41) is 23.0. The predicted molar refractivity (Wildman–Crippen MR) is 128 cm³/mol. The molecule has 32 heavy (non-hydrogen) atoms. The van der Waals surface area contributed by atoms with Gasteiger partial charge < -0.3 is 10.2 Å². The zero-order valence-electron chi connectivity index (χ0n) is 21.6. The van der Waals surface area contributed by atoms with Gasteiger partial charge in [0.25, 0.3) is 0 Å². The van der Waals surface area contributed by atoms with Crippen LogP contribution in [0.25, 0.3) is 0 Å². The van der Waals surface area contributed by atoms with Crippen molar-refractivity contribution in [3.8, 4) is 0 Å². The summed E-state index contributed by atoms with van der Waals surface area (Å²) in [7, 11) is 0. The number of carbonyl (C=O) groups excluding carboxylic acids is 1. The molecule has 0 aromatic rings. The standard InChI is InChI=1S/C29H48O3/c1-19-20(31)7-8-21-25(19,4)10-9-22-26(5)13-16-29(32)15-11-24(2,3)17-23(29)27(26,6)12-14-28(21,22)18-30/h19,21-23,30,32H,7-18H2,1-6H3. The number of carbonyl (C=O) groups is 1. The first kappa shape index (κ1) is 23.3. The van der Waals surface area contributed by atoms with Gasteiger partial charge >= 0.3 is 0 Å². The number of aliphatic hydroxyl groups excluding tert-OH is 1. The second kappa shape index (κ2) is 6.84. The molecule has 9 atom stereocenters. The summed E-state index contributed by atoms with van der Waals surface area (Å²) < 4.78 is 0. The van der Waals surface area contributed by atoms with E-state index in [1.807, 2.05) is 0 Å². The van der Waals surface area contributed by atoms with Crippen LogP contribution in [0, 0.1) is 50.7 Å². The van der Waals surface area contributed by atoms with Gasteiger partial charge in [0.2, 0.25) is 0 Å². The average Bonchev–Trinajstić information content (AvgIpc) is 2.74. The van der Waals surface area contributed by atoms with Crippen molar-refractivity contribution in [1.29, 1.82) is 0 Å². The van der Waals surface area contributed by atoms with E-state index in [0.717, 1.165) is 64.2 Å². The molecule has 0 radical (unpaired) electrons. The smallest absolute Gasteiger partial charge is 0.136 e. The number of Topliss-reactive ketones (excluding diaryl/α,β-unsaturated/α-hetero) is 1. The van der Waals surface area contributed by atoms with E-state index in [9.17, 15) is 15.0 Å². The third-order valence-electron chi connectivity index (χ3n) is 13.3. The Labute approximate surface area is 196 Å². The molecule has 0 bridgehead atoms. The SMILES string of the molecule is CC1C(=O)CCC2C1(C)CCC1C2(CO)CCC2(C)C3CC(C)(C)CCC3(O)CCC12C. The van der Waals surface area contributed by atoms with Crippen LogP contribution in [0.3, 0.4) is 0 Å². The Balaban J connectivity index is 1.57. The number of aliphatic hydroxyl groups is 2. The molecule has 3 nitrogen and oxygen atoms in total. The van der Waals surface area contributed by atoms with Gasteiger partial charge in [0, 0.05) is 24.4 Å². The third kappa shape index (κ3) is 2.70. The summed E-state index contributed by atoms with van der Waals surface area (Å²) in [6.07, 6.45) is 11.3. The second-order valence-corrected chi connectivity index (χ2v) is 14.6. The molecular formula is C29H48O3. The zero-order valence-corrected chi connectivity index (χ0v) is 21.6. The Morgan fingerprint density at radius 3 is 2.12 bits per heavy atom. The third-order valence-corrected chi connectivity index (χ3v) is 13.3. The zero-order chi connectivity index (χ0) is 23.4. The molecule has 5 aliphatic rings. The van der Waals surface area contributed by atoms with Gasteiger partial charge in [0.1, 0.15) is 5.78 Å². The van der Waals surface area contributed by atoms with Crippen molar-refractivity contribution < 1.29 is 15.0 Å². The number of hydrogen-bond acceptors (Lipinski definition) is 3. The average molecular weight is 445 g/mol. The molecule has 3 heteroatoms. The van der Waals surface area contributed by atoms with E-state index in [2.05, 4.69) is 41.5 Å². The molecule has 0 aliphatic heterocycles. The molecule has 0 spiro atoms. The van der Waals surface area contributed by atoms with Crippen molar-refractivity contribution in [1.82, 2.24) is 0 Å². The van der Waals surface area contributed by atoms with Crippen LogP contribution in [0.4, 0.5) is 0 Å². The predicted octanol–water partition coefficient (Wildman–Crippen LogP) is 6.15. The van der Waals surface area contributed by atoms with Gasteiger partial charge in [0.05, 0.1) is 5.60 Å². The maximum Gasteiger partial charge on any atom is 0.136 e. The number of hydrogen-bond donors (Lipinski definition) is 2. The lowest BCUT2D eigenvalue weighted by molar-refractivity contribution is -0.282. The summed E-state index contributed by atoms with van der Waals surface area (Å²) in [5.74, 6) is 1.84. The first-order chi connectivity index (χ1) is 14.8. The van der Waals surface area contributed by atoms with Crippen LogP contribution in [0.15, 0.2) is 0 Å². The summed E-state index contributed by atoms with van der Waals surface area (Å²) in [6.45, 7) is 14.7. The van der Waals surface area contributed by atoms with E-state index in [0.29, 0.717) is 35.4 Å². The quantitative estimate of drug-likeness (QED) is 0.510. The molecule has 9 unspecified atom stereocenters. The van der Waals surface area contributed by atoms with Crippen molar-refractivity contribution in [3.63, 3.8) is 0 Å². The van der Waals surface area contributed by atoms with E-state index in [1.54, 1.807) is 0 Å². The summed E-state index contributed by atoms with van der Waals surface area (Å²) in [4.78, 5) is 12.7. The van der Waals surface area contributed by atoms with Crippen molar-refractivity contribution >= 4 is 5.78 Å². The number of rotatable bonds is 1. The molecule has 0 heterocycles. The van der Waals surface area contributed by atoms with Gasteiger partial charge in [-0.25, -0.2) is 0 Å². The van der Waals surface area contributed by atoms with E-state index in [-0.39, 0.29) is 34.2 Å². The molecule has 182 valence electrons. The minimum absolute atomic E-state index is 0.0287. The highest BCUT2D eigenvalue weighted by Crippen LogP contribution is 2.77. The lowest BCUT2D eigenvalue weighted by atomic mass is 9.31. The highest BCUT2D eigenvalue weighted by atomic mass is 16.3. The first-order valence-electron chi connectivity index (χ1n) is 13.6. The van der Waals surface area contributed by atoms with Crippen LogP contribution in [-0.4, -0.2) is 28.2 Å². The van der Waals surface area contributed by atoms with Crippen LogP contribution in [0.1, 0.15) is 112 Å². The number of fused-ring (bicyclic) bond motifs is 7. The highest BCUT2D eigenvalue weighted by molar-refractivity contribution is 5.82. The van der Waals surface area contributed by atoms with Gasteiger partial charge in [-0.15, -0.1) is 0 Å². The van der Waals surface area contributed by atoms with Crippen molar-refractivity contribution in [2.75, 3.05) is 6.61 Å². The fourth-order valence-electron chi connectivity index (χ4n) is 10.8. The lowest BCUT2D eigenvalue weighted by Gasteiger charge is -2.74. The molecule has 0 amide bonds. The maximum atomic E-state index is 12.7. The van der Waals surface area contributed by atoms with Gasteiger partial charge in [0.15, 0.2) is 0 Å². The first-order valence-corrected chi connectivity index (χ1v) is 13.6. The Morgan fingerprint density at radius 2 is 1.44 bits per heavy atom. The molecular weight excluding hydrogens is 396 g/mol. The Morgan fingerprint density at radius 1 is 0.812 bits per heavy atom. The Hall–Kier alpha value is -0.410. The van der Waals surface area contributed by atoms with Crippen molar-refractivity contribution in [3.05, 3.63) is 0 Å². The molecule has 5 rings (SSSR count). The van der Waals surface area contributed by atoms with Gasteiger partial charge in [-0.2, -0.15) is 0 Å². The summed E-state index contributed by atoms with van der Waals surface area (Å²) >= 11 is 0. The Bertz CT molecular complexity index is 804. The monoisotopic (exact) mass is 444 g/mol. The van der Waals surface area contributed by atoms with Gasteiger partial charge in [-0.05, 0) is 104 Å². The minimum atomic E-state index is -0.502. The molecule has 0 saturated heterocycles. The largest absolute Gasteiger partial charge is 0.396 e. The minimum Gasteiger partial charge on any atom is -0.396 e. The van der Waals surface area contributed by atoms with Gasteiger partial charge in [-0.1, -0.05) is 41.5 Å². The maximum absolute atomic E-state index is 12.7. The van der Waals surface area contributed by atoms with E-state index < -0.39 is 5.60 Å². The highest BCUT2D eigenvalue weighted by Gasteiger charge is 2.72. The summed E-state index contributed by atoms with van der Waals surface area (Å²) in [6, 6.07) is 0. The van der Waals surface area contributed by atoms with Gasteiger partial charge in [-0.3, -0.25) is 4.79 Å². The van der Waals surface area contributed by atoms with E-state index in [4.69, 9.17) is 0 Å². The molecule has 5 saturated carbocycles. The van der Waals surface area contributed by atoms with Crippen molar-refractivity contribution in [2.45, 2.75) is 118 Å². The summed E-state index contributed by atoms with van der Waals surface area (Å²) in [5.41, 5.74) is 0.0257. The molecule has 2 N–H and O–H groups in total. The van der Waals surface area contributed by atoms with E-state index in [1.165, 1.54) is 0 Å². The topological polar surface area (TPSA) is 57.5 Å². The molecule has 5 fully saturated rings. The van der Waals surface area contributed by atoms with Crippen LogP contribution < -0.4 is 0 Å². The normalized spacial score (nSPS) is 57.1. The molecule has 0 aromatic carbocycles. The van der Waals surface area contributed by atoms with Crippen LogP contribution in [0.5, 0.6) is 0 Å². The second-order valence-electron chi connectivity index (χ2n) is 14.6. The molecule has 0 aromatic heterocycles. The Kier molecular flexibility index (Phi) is 4.99. The molecule has 5 aliphatic carbocycles. The van der Waals surface area contributed by atoms with Crippen molar-refractivity contribution in [2.24, 2.45) is 50.7 Å². The van der Waals surface area contributed by atoms with E-state index >= 15 is 0 Å². The fourth-order valence-corrected chi connectivity index (χ4v) is 10.8. The fraction of sp³-hybridized carbons (Fsp3) is 0.966. The van der Waals surface area contributed by atoms with Crippen LogP contribution in [0.2, 0.25) is 0 Å². The number of ketones is 1. The van der Waals surface area contributed by atoms with Crippen LogP contribution in [-0.2, 0) is 4.79 Å².